The maximum absolute atomic E-state index is 3.68. The van der Waals surface area contributed by atoms with Crippen LogP contribution in [0.1, 0.15) is 0 Å². The number of hydrogen-bond acceptors (Lipinski definition) is 0. The first kappa shape index (κ1) is 6.36. The number of aromatic nitrogens is 1. The van der Waals surface area contributed by atoms with Crippen LogP contribution < -0.4 is 0 Å². The molecule has 1 nitrogen and oxygen atoms in total. The highest BCUT2D eigenvalue weighted by Gasteiger charge is 1.83. The summed E-state index contributed by atoms with van der Waals surface area (Å²) in [5, 5.41) is 0. The molecule has 0 radical (unpaired) electrons. The minimum Gasteiger partial charge on any atom is -0.386 e. The van der Waals surface area contributed by atoms with Crippen LogP contribution in [-0.4, -0.2) is 13.9 Å². The second-order valence-corrected chi connectivity index (χ2v) is 3.75. The molecule has 1 aromatic rings. The van der Waals surface area contributed by atoms with E-state index < -0.39 is 0 Å². The van der Waals surface area contributed by atoms with Crippen molar-refractivity contribution >= 4 is 9.68 Å². The lowest BCUT2D eigenvalue weighted by atomic mass is 10.7. The molecule has 0 aliphatic heterocycles. The van der Waals surface area contributed by atoms with Gasteiger partial charge in [-0.3, -0.25) is 0 Å². The van der Waals surface area contributed by atoms with Gasteiger partial charge in [0, 0.05) is 0 Å². The zero-order chi connectivity index (χ0) is 6.53. The molecule has 0 amide bonds. The van der Waals surface area contributed by atoms with Gasteiger partial charge in [0.1, 0.15) is 9.68 Å². The average Bonchev–Trinajstić information content (AvgIpc) is 2.34. The molecule has 1 aromatic heterocycles. The fourth-order valence-corrected chi connectivity index (χ4v) is 1.78. The average molecular weight is 137 g/mol. The van der Waals surface area contributed by atoms with E-state index in [0.29, 0.717) is 0 Å². The molecular formula is C7H11NSi. The van der Waals surface area contributed by atoms with Gasteiger partial charge in [0.25, 0.3) is 0 Å². The van der Waals surface area contributed by atoms with Gasteiger partial charge in [0.2, 0.25) is 0 Å². The van der Waals surface area contributed by atoms with Gasteiger partial charge in [-0.15, -0.1) is 6.58 Å². The number of rotatable bonds is 3. The predicted octanol–water partition coefficient (Wildman–Crippen LogP) is 1.02. The molecule has 0 saturated carbocycles. The molecular weight excluding hydrogens is 126 g/mol. The van der Waals surface area contributed by atoms with E-state index in [1.165, 1.54) is 6.04 Å². The van der Waals surface area contributed by atoms with E-state index in [-0.39, 0.29) is 9.68 Å². The van der Waals surface area contributed by atoms with Crippen molar-refractivity contribution in [3.05, 3.63) is 37.2 Å². The molecule has 0 fully saturated rings. The first-order valence-electron chi connectivity index (χ1n) is 3.15. The van der Waals surface area contributed by atoms with Gasteiger partial charge in [-0.1, -0.05) is 6.08 Å². The van der Waals surface area contributed by atoms with Gasteiger partial charge < -0.3 is 4.23 Å². The van der Waals surface area contributed by atoms with Crippen LogP contribution in [0.5, 0.6) is 0 Å². The summed E-state index contributed by atoms with van der Waals surface area (Å²) in [5.41, 5.74) is 0. The Hall–Kier alpha value is -0.763. The Morgan fingerprint density at radius 2 is 2.11 bits per heavy atom. The molecule has 1 rings (SSSR count). The highest BCUT2D eigenvalue weighted by Crippen LogP contribution is 1.88. The summed E-state index contributed by atoms with van der Waals surface area (Å²) in [4.78, 5) is 0. The third-order valence-corrected chi connectivity index (χ3v) is 2.86. The maximum atomic E-state index is 3.68. The molecule has 2 heteroatoms. The van der Waals surface area contributed by atoms with Gasteiger partial charge in [0.05, 0.1) is 0 Å². The third-order valence-electron chi connectivity index (χ3n) is 1.26. The molecule has 0 spiro atoms. The van der Waals surface area contributed by atoms with Gasteiger partial charge in [-0.25, -0.2) is 0 Å². The second-order valence-electron chi connectivity index (χ2n) is 2.00. The lowest BCUT2D eigenvalue weighted by Gasteiger charge is -1.94. The first-order chi connectivity index (χ1) is 4.43. The van der Waals surface area contributed by atoms with E-state index in [1.807, 2.05) is 6.08 Å². The van der Waals surface area contributed by atoms with Gasteiger partial charge in [-0.2, -0.15) is 0 Å². The van der Waals surface area contributed by atoms with Crippen molar-refractivity contribution in [3.8, 4) is 0 Å². The van der Waals surface area contributed by atoms with E-state index in [0.717, 1.165) is 0 Å². The maximum Gasteiger partial charge on any atom is 0.132 e. The molecule has 0 unspecified atom stereocenters. The SMILES string of the molecule is C=CC[SiH2]n1cccc1. The normalized spacial score (nSPS) is 10.7. The van der Waals surface area contributed by atoms with Crippen LogP contribution >= 0.6 is 0 Å². The third kappa shape index (κ3) is 1.89. The summed E-state index contributed by atoms with van der Waals surface area (Å²) in [7, 11) is -0.0706. The quantitative estimate of drug-likeness (QED) is 0.433. The van der Waals surface area contributed by atoms with Gasteiger partial charge >= 0.3 is 0 Å². The number of nitrogens with zero attached hydrogens (tertiary/aromatic N) is 1. The van der Waals surface area contributed by atoms with Crippen LogP contribution in [0.3, 0.4) is 0 Å². The molecule has 0 bridgehead atoms. The molecule has 48 valence electrons. The Morgan fingerprint density at radius 1 is 1.44 bits per heavy atom. The molecule has 0 aliphatic rings. The largest absolute Gasteiger partial charge is 0.386 e. The summed E-state index contributed by atoms with van der Waals surface area (Å²) in [5.74, 6) is 0. The van der Waals surface area contributed by atoms with Crippen LogP contribution in [0.25, 0.3) is 0 Å². The molecule has 9 heavy (non-hydrogen) atoms. The number of hydrogen-bond donors (Lipinski definition) is 0. The van der Waals surface area contributed by atoms with Crippen molar-refractivity contribution in [1.82, 2.24) is 4.23 Å². The topological polar surface area (TPSA) is 4.93 Å². The summed E-state index contributed by atoms with van der Waals surface area (Å²) < 4.78 is 2.28. The van der Waals surface area contributed by atoms with Crippen molar-refractivity contribution in [2.24, 2.45) is 0 Å². The van der Waals surface area contributed by atoms with E-state index in [4.69, 9.17) is 0 Å². The van der Waals surface area contributed by atoms with Crippen LogP contribution in [0.4, 0.5) is 0 Å². The Balaban J connectivity index is 2.38. The minimum atomic E-state index is -0.0706. The molecule has 1 heterocycles. The Kier molecular flexibility index (Phi) is 2.33. The molecule has 0 aliphatic carbocycles. The van der Waals surface area contributed by atoms with E-state index >= 15 is 0 Å². The van der Waals surface area contributed by atoms with Crippen LogP contribution in [0.15, 0.2) is 37.2 Å². The van der Waals surface area contributed by atoms with Gasteiger partial charge in [-0.05, 0) is 30.6 Å². The number of allylic oxidation sites excluding steroid dienone is 1. The summed E-state index contributed by atoms with van der Waals surface area (Å²) >= 11 is 0. The van der Waals surface area contributed by atoms with E-state index in [9.17, 15) is 0 Å². The standard InChI is InChI=1S/C7H11NSi/c1-2-7-9-8-5-3-4-6-8/h2-6H,1,7,9H2. The molecule has 0 atom stereocenters. The van der Waals surface area contributed by atoms with Crippen molar-refractivity contribution in [3.63, 3.8) is 0 Å². The Labute approximate surface area is 57.9 Å². The smallest absolute Gasteiger partial charge is 0.132 e. The lowest BCUT2D eigenvalue weighted by molar-refractivity contribution is 1.22. The van der Waals surface area contributed by atoms with Crippen molar-refractivity contribution in [1.29, 1.82) is 0 Å². The zero-order valence-corrected chi connectivity index (χ0v) is 6.87. The van der Waals surface area contributed by atoms with Crippen molar-refractivity contribution in [2.45, 2.75) is 6.04 Å². The van der Waals surface area contributed by atoms with Crippen molar-refractivity contribution < 1.29 is 0 Å². The molecule has 0 N–H and O–H groups in total. The van der Waals surface area contributed by atoms with Gasteiger partial charge in [0.15, 0.2) is 0 Å². The van der Waals surface area contributed by atoms with Crippen LogP contribution in [-0.2, 0) is 0 Å². The fraction of sp³-hybridized carbons (Fsp3) is 0.143. The molecule has 0 saturated heterocycles. The molecule has 0 aromatic carbocycles. The summed E-state index contributed by atoms with van der Waals surface area (Å²) in [6.45, 7) is 3.68. The first-order valence-corrected chi connectivity index (χ1v) is 4.78. The summed E-state index contributed by atoms with van der Waals surface area (Å²) in [6, 6.07) is 5.32. The fourth-order valence-electron chi connectivity index (χ4n) is 0.760. The van der Waals surface area contributed by atoms with E-state index in [2.05, 4.69) is 35.3 Å². The Bertz CT molecular complexity index is 167. The lowest BCUT2D eigenvalue weighted by Crippen LogP contribution is -1.99. The minimum absolute atomic E-state index is 0.0706. The summed E-state index contributed by atoms with van der Waals surface area (Å²) in [6.07, 6.45) is 6.23. The Morgan fingerprint density at radius 3 is 2.67 bits per heavy atom. The second kappa shape index (κ2) is 3.30. The van der Waals surface area contributed by atoms with Crippen molar-refractivity contribution in [2.75, 3.05) is 0 Å². The highest BCUT2D eigenvalue weighted by molar-refractivity contribution is 6.34. The monoisotopic (exact) mass is 137 g/mol. The predicted molar refractivity (Wildman–Crippen MR) is 43.4 cm³/mol. The highest BCUT2D eigenvalue weighted by atomic mass is 28.2. The van der Waals surface area contributed by atoms with E-state index in [1.54, 1.807) is 0 Å². The van der Waals surface area contributed by atoms with Crippen LogP contribution in [0.2, 0.25) is 6.04 Å². The van der Waals surface area contributed by atoms with Crippen LogP contribution in [0, 0.1) is 0 Å². The zero-order valence-electron chi connectivity index (χ0n) is 5.46.